The van der Waals surface area contributed by atoms with Gasteiger partial charge in [-0.05, 0) is 55.3 Å². The summed E-state index contributed by atoms with van der Waals surface area (Å²) in [6, 6.07) is 12.0. The van der Waals surface area contributed by atoms with E-state index in [0.717, 1.165) is 31.0 Å². The Kier molecular flexibility index (Phi) is 8.59. The first kappa shape index (κ1) is 20.4. The second-order valence-electron chi connectivity index (χ2n) is 6.31. The molecule has 1 N–H and O–H groups in total. The summed E-state index contributed by atoms with van der Waals surface area (Å²) in [6.07, 6.45) is 5.85. The molecule has 0 aliphatic rings. The SMILES string of the molecule is CCN(CC)C(CNC(=O)CCCc1cccnc1)c1ccc(Cl)cc1. The maximum absolute atomic E-state index is 12.3. The van der Waals surface area contributed by atoms with E-state index in [1.165, 1.54) is 11.1 Å². The molecule has 0 saturated carbocycles. The zero-order chi connectivity index (χ0) is 18.8. The molecule has 0 bridgehead atoms. The quantitative estimate of drug-likeness (QED) is 0.676. The molecule has 2 rings (SSSR count). The molecule has 0 spiro atoms. The summed E-state index contributed by atoms with van der Waals surface area (Å²) in [5.74, 6) is 0.0972. The third-order valence-electron chi connectivity index (χ3n) is 4.59. The average molecular weight is 374 g/mol. The number of hydrogen-bond donors (Lipinski definition) is 1. The molecular weight excluding hydrogens is 346 g/mol. The monoisotopic (exact) mass is 373 g/mol. The summed E-state index contributed by atoms with van der Waals surface area (Å²) >= 11 is 6.01. The number of rotatable bonds is 10. The van der Waals surface area contributed by atoms with Gasteiger partial charge in [-0.1, -0.05) is 43.6 Å². The Labute approximate surface area is 161 Å². The average Bonchev–Trinajstić information content (AvgIpc) is 2.67. The number of nitrogens with one attached hydrogen (secondary N) is 1. The molecule has 1 aromatic heterocycles. The first-order chi connectivity index (χ1) is 12.6. The number of pyridine rings is 1. The van der Waals surface area contributed by atoms with Crippen molar-refractivity contribution < 1.29 is 4.79 Å². The van der Waals surface area contributed by atoms with E-state index in [4.69, 9.17) is 11.6 Å². The predicted molar refractivity (Wildman–Crippen MR) is 107 cm³/mol. The van der Waals surface area contributed by atoms with Crippen LogP contribution in [0.2, 0.25) is 5.02 Å². The molecule has 4 nitrogen and oxygen atoms in total. The van der Waals surface area contributed by atoms with E-state index >= 15 is 0 Å². The van der Waals surface area contributed by atoms with Crippen LogP contribution in [0.1, 0.15) is 43.9 Å². The van der Waals surface area contributed by atoms with Crippen molar-refractivity contribution in [2.24, 2.45) is 0 Å². The van der Waals surface area contributed by atoms with Crippen molar-refractivity contribution in [3.63, 3.8) is 0 Å². The molecule has 1 unspecified atom stereocenters. The minimum atomic E-state index is 0.0972. The molecule has 0 radical (unpaired) electrons. The number of hydrogen-bond acceptors (Lipinski definition) is 3. The first-order valence-electron chi connectivity index (χ1n) is 9.29. The van der Waals surface area contributed by atoms with E-state index in [0.29, 0.717) is 13.0 Å². The maximum atomic E-state index is 12.3. The summed E-state index contributed by atoms with van der Waals surface area (Å²) in [5, 5.41) is 3.83. The number of carbonyl (C=O) groups excluding carboxylic acids is 1. The molecule has 140 valence electrons. The fraction of sp³-hybridized carbons (Fsp3) is 0.429. The fourth-order valence-electron chi connectivity index (χ4n) is 3.11. The Morgan fingerprint density at radius 2 is 1.92 bits per heavy atom. The zero-order valence-corrected chi connectivity index (χ0v) is 16.4. The minimum absolute atomic E-state index is 0.0972. The highest BCUT2D eigenvalue weighted by molar-refractivity contribution is 6.30. The summed E-state index contributed by atoms with van der Waals surface area (Å²) in [6.45, 7) is 6.75. The molecule has 0 fully saturated rings. The maximum Gasteiger partial charge on any atom is 0.220 e. The normalized spacial score (nSPS) is 12.2. The summed E-state index contributed by atoms with van der Waals surface area (Å²) in [7, 11) is 0. The molecule has 0 aliphatic carbocycles. The largest absolute Gasteiger partial charge is 0.354 e. The van der Waals surface area contributed by atoms with Crippen molar-refractivity contribution in [2.75, 3.05) is 19.6 Å². The van der Waals surface area contributed by atoms with Crippen LogP contribution < -0.4 is 5.32 Å². The second kappa shape index (κ2) is 10.9. The Bertz CT molecular complexity index is 657. The molecule has 5 heteroatoms. The highest BCUT2D eigenvalue weighted by atomic mass is 35.5. The smallest absolute Gasteiger partial charge is 0.220 e. The molecule has 2 aromatic rings. The van der Waals surface area contributed by atoms with E-state index in [9.17, 15) is 4.79 Å². The molecule has 1 heterocycles. The van der Waals surface area contributed by atoms with E-state index in [1.54, 1.807) is 6.20 Å². The van der Waals surface area contributed by atoms with Crippen molar-refractivity contribution in [1.82, 2.24) is 15.2 Å². The molecule has 26 heavy (non-hydrogen) atoms. The van der Waals surface area contributed by atoms with Crippen molar-refractivity contribution in [3.8, 4) is 0 Å². The Hall–Kier alpha value is -1.91. The van der Waals surface area contributed by atoms with Crippen LogP contribution in [0.5, 0.6) is 0 Å². The van der Waals surface area contributed by atoms with Gasteiger partial charge in [-0.2, -0.15) is 0 Å². The number of benzene rings is 1. The van der Waals surface area contributed by atoms with Crippen LogP contribution in [-0.4, -0.2) is 35.4 Å². The van der Waals surface area contributed by atoms with Crippen molar-refractivity contribution in [3.05, 3.63) is 64.9 Å². The van der Waals surface area contributed by atoms with Crippen LogP contribution >= 0.6 is 11.6 Å². The molecule has 1 atom stereocenters. The van der Waals surface area contributed by atoms with Crippen LogP contribution in [0.3, 0.4) is 0 Å². The molecule has 1 amide bonds. The van der Waals surface area contributed by atoms with Gasteiger partial charge < -0.3 is 5.32 Å². The lowest BCUT2D eigenvalue weighted by atomic mass is 10.0. The van der Waals surface area contributed by atoms with Gasteiger partial charge in [0.05, 0.1) is 6.04 Å². The van der Waals surface area contributed by atoms with Crippen molar-refractivity contribution in [1.29, 1.82) is 0 Å². The fourth-order valence-corrected chi connectivity index (χ4v) is 3.23. The zero-order valence-electron chi connectivity index (χ0n) is 15.6. The number of carbonyl (C=O) groups is 1. The summed E-state index contributed by atoms with van der Waals surface area (Å²) < 4.78 is 0. The molecular formula is C21H28ClN3O. The number of likely N-dealkylation sites (N-methyl/N-ethyl adjacent to an activating group) is 1. The van der Waals surface area contributed by atoms with Gasteiger partial charge in [-0.3, -0.25) is 14.7 Å². The minimum Gasteiger partial charge on any atom is -0.354 e. The topological polar surface area (TPSA) is 45.2 Å². The van der Waals surface area contributed by atoms with Gasteiger partial charge in [0, 0.05) is 30.4 Å². The molecule has 0 aliphatic heterocycles. The van der Waals surface area contributed by atoms with E-state index in [-0.39, 0.29) is 11.9 Å². The lowest BCUT2D eigenvalue weighted by molar-refractivity contribution is -0.121. The van der Waals surface area contributed by atoms with Crippen LogP contribution in [-0.2, 0) is 11.2 Å². The lowest BCUT2D eigenvalue weighted by Gasteiger charge is -2.30. The number of amides is 1. The highest BCUT2D eigenvalue weighted by Gasteiger charge is 2.18. The lowest BCUT2D eigenvalue weighted by Crippen LogP contribution is -2.38. The van der Waals surface area contributed by atoms with E-state index < -0.39 is 0 Å². The Morgan fingerprint density at radius 1 is 1.19 bits per heavy atom. The number of aryl methyl sites for hydroxylation is 1. The Balaban J connectivity index is 1.87. The van der Waals surface area contributed by atoms with E-state index in [2.05, 4.69) is 29.0 Å². The summed E-state index contributed by atoms with van der Waals surface area (Å²) in [4.78, 5) is 18.7. The standard InChI is InChI=1S/C21H28ClN3O/c1-3-25(4-2)20(18-10-12-19(22)13-11-18)16-24-21(26)9-5-7-17-8-6-14-23-15-17/h6,8,10-15,20H,3-5,7,9,16H2,1-2H3,(H,24,26). The number of nitrogens with zero attached hydrogens (tertiary/aromatic N) is 2. The van der Waals surface area contributed by atoms with Gasteiger partial charge in [-0.25, -0.2) is 0 Å². The van der Waals surface area contributed by atoms with Gasteiger partial charge in [0.25, 0.3) is 0 Å². The number of aromatic nitrogens is 1. The molecule has 0 saturated heterocycles. The van der Waals surface area contributed by atoms with Gasteiger partial charge in [-0.15, -0.1) is 0 Å². The van der Waals surface area contributed by atoms with Gasteiger partial charge in [0.15, 0.2) is 0 Å². The second-order valence-corrected chi connectivity index (χ2v) is 6.74. The highest BCUT2D eigenvalue weighted by Crippen LogP contribution is 2.22. The predicted octanol–water partition coefficient (Wildman–Crippen LogP) is 4.26. The van der Waals surface area contributed by atoms with Crippen molar-refractivity contribution in [2.45, 2.75) is 39.2 Å². The van der Waals surface area contributed by atoms with Gasteiger partial charge >= 0.3 is 0 Å². The number of halogens is 1. The molecule has 1 aromatic carbocycles. The summed E-state index contributed by atoms with van der Waals surface area (Å²) in [5.41, 5.74) is 2.34. The third kappa shape index (κ3) is 6.43. The van der Waals surface area contributed by atoms with Crippen LogP contribution in [0.25, 0.3) is 0 Å². The van der Waals surface area contributed by atoms with Crippen molar-refractivity contribution >= 4 is 17.5 Å². The van der Waals surface area contributed by atoms with E-state index in [1.807, 2.05) is 42.6 Å². The Morgan fingerprint density at radius 3 is 2.54 bits per heavy atom. The van der Waals surface area contributed by atoms with Gasteiger partial charge in [0.1, 0.15) is 0 Å². The van der Waals surface area contributed by atoms with Crippen LogP contribution in [0, 0.1) is 0 Å². The first-order valence-corrected chi connectivity index (χ1v) is 9.67. The third-order valence-corrected chi connectivity index (χ3v) is 4.84. The van der Waals surface area contributed by atoms with Gasteiger partial charge in [0.2, 0.25) is 5.91 Å². The van der Waals surface area contributed by atoms with Crippen LogP contribution in [0.4, 0.5) is 0 Å². The van der Waals surface area contributed by atoms with Crippen LogP contribution in [0.15, 0.2) is 48.8 Å².